The van der Waals surface area contributed by atoms with Crippen LogP contribution in [0.25, 0.3) is 0 Å². The molecule has 1 rings (SSSR count). The number of hydrogen-bond donors (Lipinski definition) is 2. The minimum absolute atomic E-state index is 0.316. The molecule has 6 heteroatoms. The van der Waals surface area contributed by atoms with Gasteiger partial charge >= 0.3 is 5.97 Å². The highest BCUT2D eigenvalue weighted by atomic mass is 32.2. The minimum Gasteiger partial charge on any atom is -0.480 e. The Kier molecular flexibility index (Phi) is 5.34. The van der Waals surface area contributed by atoms with E-state index in [4.69, 9.17) is 5.11 Å². The van der Waals surface area contributed by atoms with E-state index < -0.39 is 12.0 Å². The third-order valence-electron chi connectivity index (χ3n) is 1.96. The summed E-state index contributed by atoms with van der Waals surface area (Å²) in [7, 11) is 0. The Morgan fingerprint density at radius 2 is 2.38 bits per heavy atom. The van der Waals surface area contributed by atoms with Crippen LogP contribution in [0.2, 0.25) is 0 Å². The van der Waals surface area contributed by atoms with Gasteiger partial charge in [0.05, 0.1) is 4.88 Å². The first-order valence-electron chi connectivity index (χ1n) is 4.71. The van der Waals surface area contributed by atoms with E-state index in [0.717, 1.165) is 0 Å². The molecule has 0 bridgehead atoms. The number of rotatable bonds is 6. The fraction of sp³-hybridized carbons (Fsp3) is 0.400. The van der Waals surface area contributed by atoms with Crippen molar-refractivity contribution in [3.63, 3.8) is 0 Å². The van der Waals surface area contributed by atoms with E-state index >= 15 is 0 Å². The number of aliphatic carboxylic acids is 1. The van der Waals surface area contributed by atoms with Gasteiger partial charge in [-0.15, -0.1) is 11.3 Å². The van der Waals surface area contributed by atoms with E-state index in [1.807, 2.05) is 6.26 Å². The topological polar surface area (TPSA) is 66.4 Å². The van der Waals surface area contributed by atoms with E-state index in [1.54, 1.807) is 29.3 Å². The van der Waals surface area contributed by atoms with E-state index in [-0.39, 0.29) is 5.91 Å². The maximum absolute atomic E-state index is 11.6. The largest absolute Gasteiger partial charge is 0.480 e. The highest BCUT2D eigenvalue weighted by molar-refractivity contribution is 7.98. The fourth-order valence-electron chi connectivity index (χ4n) is 1.13. The van der Waals surface area contributed by atoms with Crippen molar-refractivity contribution < 1.29 is 14.7 Å². The lowest BCUT2D eigenvalue weighted by molar-refractivity contribution is -0.139. The molecular formula is C10H13NO3S2. The molecule has 0 saturated heterocycles. The van der Waals surface area contributed by atoms with E-state index in [9.17, 15) is 9.59 Å². The van der Waals surface area contributed by atoms with E-state index in [2.05, 4.69) is 5.32 Å². The average molecular weight is 259 g/mol. The molecule has 0 spiro atoms. The Hall–Kier alpha value is -1.01. The summed E-state index contributed by atoms with van der Waals surface area (Å²) in [4.78, 5) is 23.0. The summed E-state index contributed by atoms with van der Waals surface area (Å²) < 4.78 is 0. The molecule has 16 heavy (non-hydrogen) atoms. The summed E-state index contributed by atoms with van der Waals surface area (Å²) in [5, 5.41) is 13.2. The lowest BCUT2D eigenvalue weighted by Crippen LogP contribution is -2.40. The predicted molar refractivity (Wildman–Crippen MR) is 66.2 cm³/mol. The number of amides is 1. The van der Waals surface area contributed by atoms with Crippen LogP contribution < -0.4 is 5.32 Å². The van der Waals surface area contributed by atoms with Gasteiger partial charge in [0.25, 0.3) is 5.91 Å². The standard InChI is InChI=1S/C10H13NO3S2/c1-15-6-4-7(10(13)14)11-9(12)8-3-2-5-16-8/h2-3,5,7H,4,6H2,1H3,(H,11,12)(H,13,14)/t7-/m0/s1. The number of thioether (sulfide) groups is 1. The first-order valence-corrected chi connectivity index (χ1v) is 6.98. The number of thiophene rings is 1. The van der Waals surface area contributed by atoms with Gasteiger partial charge in [0.15, 0.2) is 0 Å². The third-order valence-corrected chi connectivity index (χ3v) is 3.47. The summed E-state index contributed by atoms with van der Waals surface area (Å²) in [6, 6.07) is 2.63. The van der Waals surface area contributed by atoms with Gasteiger partial charge in [0.1, 0.15) is 6.04 Å². The molecule has 1 amide bonds. The van der Waals surface area contributed by atoms with Gasteiger partial charge in [0.2, 0.25) is 0 Å². The summed E-state index contributed by atoms with van der Waals surface area (Å²) in [5.41, 5.74) is 0. The number of carboxylic acid groups (broad SMARTS) is 1. The quantitative estimate of drug-likeness (QED) is 0.816. The molecule has 1 aromatic rings. The number of carbonyl (C=O) groups excluding carboxylic acids is 1. The Morgan fingerprint density at radius 3 is 2.88 bits per heavy atom. The highest BCUT2D eigenvalue weighted by Gasteiger charge is 2.20. The van der Waals surface area contributed by atoms with Crippen molar-refractivity contribution in [1.29, 1.82) is 0 Å². The predicted octanol–water partition coefficient (Wildman–Crippen LogP) is 1.68. The Labute approximate surface area is 102 Å². The fourth-order valence-corrected chi connectivity index (χ4v) is 2.23. The number of carbonyl (C=O) groups is 2. The van der Waals surface area contributed by atoms with Crippen LogP contribution in [0.3, 0.4) is 0 Å². The molecule has 0 aliphatic rings. The molecule has 1 aromatic heterocycles. The maximum atomic E-state index is 11.6. The van der Waals surface area contributed by atoms with Crippen LogP contribution in [0.4, 0.5) is 0 Å². The first-order chi connectivity index (χ1) is 7.65. The lowest BCUT2D eigenvalue weighted by Gasteiger charge is -2.12. The maximum Gasteiger partial charge on any atom is 0.326 e. The van der Waals surface area contributed by atoms with Crippen molar-refractivity contribution in [2.45, 2.75) is 12.5 Å². The Bertz CT molecular complexity index is 351. The SMILES string of the molecule is CSCC[C@H](NC(=O)c1cccs1)C(=O)O. The molecule has 0 aliphatic heterocycles. The zero-order valence-corrected chi connectivity index (χ0v) is 10.4. The van der Waals surface area contributed by atoms with Crippen LogP contribution in [0, 0.1) is 0 Å². The van der Waals surface area contributed by atoms with Crippen LogP contribution in [0.5, 0.6) is 0 Å². The van der Waals surface area contributed by atoms with Crippen LogP contribution in [-0.4, -0.2) is 35.0 Å². The molecule has 1 atom stereocenters. The second kappa shape index (κ2) is 6.55. The van der Waals surface area contributed by atoms with Crippen LogP contribution in [0.15, 0.2) is 17.5 Å². The van der Waals surface area contributed by atoms with Gasteiger partial charge in [-0.1, -0.05) is 6.07 Å². The molecule has 4 nitrogen and oxygen atoms in total. The Morgan fingerprint density at radius 1 is 1.62 bits per heavy atom. The summed E-state index contributed by atoms with van der Waals surface area (Å²) in [5.74, 6) is -0.593. The summed E-state index contributed by atoms with van der Waals surface area (Å²) >= 11 is 2.86. The molecule has 0 fully saturated rings. The number of nitrogens with one attached hydrogen (secondary N) is 1. The molecule has 88 valence electrons. The number of carboxylic acids is 1. The third kappa shape index (κ3) is 3.86. The van der Waals surface area contributed by atoms with Gasteiger partial charge in [-0.3, -0.25) is 4.79 Å². The normalized spacial score (nSPS) is 12.1. The first kappa shape index (κ1) is 13.1. The number of hydrogen-bond acceptors (Lipinski definition) is 4. The molecule has 0 aliphatic carbocycles. The molecule has 0 aromatic carbocycles. The van der Waals surface area contributed by atoms with Gasteiger partial charge in [0, 0.05) is 0 Å². The molecule has 0 radical (unpaired) electrons. The van der Waals surface area contributed by atoms with E-state index in [1.165, 1.54) is 11.3 Å². The van der Waals surface area contributed by atoms with Gasteiger partial charge < -0.3 is 10.4 Å². The molecule has 1 heterocycles. The van der Waals surface area contributed by atoms with Crippen molar-refractivity contribution in [1.82, 2.24) is 5.32 Å². The van der Waals surface area contributed by atoms with Crippen molar-refractivity contribution in [3.8, 4) is 0 Å². The van der Waals surface area contributed by atoms with Gasteiger partial charge in [-0.05, 0) is 29.9 Å². The van der Waals surface area contributed by atoms with E-state index in [0.29, 0.717) is 17.1 Å². The summed E-state index contributed by atoms with van der Waals surface area (Å²) in [6.07, 6.45) is 2.34. The van der Waals surface area contributed by atoms with Crippen LogP contribution in [-0.2, 0) is 4.79 Å². The minimum atomic E-state index is -0.987. The second-order valence-corrected chi connectivity index (χ2v) is 5.06. The lowest BCUT2D eigenvalue weighted by atomic mass is 10.2. The molecular weight excluding hydrogens is 246 g/mol. The van der Waals surface area contributed by atoms with Crippen molar-refractivity contribution >= 4 is 35.0 Å². The van der Waals surface area contributed by atoms with Crippen molar-refractivity contribution in [3.05, 3.63) is 22.4 Å². The smallest absolute Gasteiger partial charge is 0.326 e. The highest BCUT2D eigenvalue weighted by Crippen LogP contribution is 2.09. The van der Waals surface area contributed by atoms with Crippen LogP contribution >= 0.6 is 23.1 Å². The zero-order chi connectivity index (χ0) is 12.0. The van der Waals surface area contributed by atoms with Gasteiger partial charge in [-0.25, -0.2) is 4.79 Å². The van der Waals surface area contributed by atoms with Crippen molar-refractivity contribution in [2.24, 2.45) is 0 Å². The van der Waals surface area contributed by atoms with Crippen LogP contribution in [0.1, 0.15) is 16.1 Å². The molecule has 2 N–H and O–H groups in total. The molecule has 0 saturated carbocycles. The van der Waals surface area contributed by atoms with Gasteiger partial charge in [-0.2, -0.15) is 11.8 Å². The zero-order valence-electron chi connectivity index (χ0n) is 8.80. The molecule has 0 unspecified atom stereocenters. The Balaban J connectivity index is 2.54. The monoisotopic (exact) mass is 259 g/mol. The summed E-state index contributed by atoms with van der Waals surface area (Å²) in [6.45, 7) is 0. The average Bonchev–Trinajstić information content (AvgIpc) is 2.76. The van der Waals surface area contributed by atoms with Crippen molar-refractivity contribution in [2.75, 3.05) is 12.0 Å². The second-order valence-electron chi connectivity index (χ2n) is 3.12.